The Balaban J connectivity index is 1.43. The fraction of sp³-hybridized carbons (Fsp3) is 0.350. The molecule has 25 heavy (non-hydrogen) atoms. The van der Waals surface area contributed by atoms with Crippen molar-refractivity contribution in [1.82, 2.24) is 9.80 Å². The second-order valence-electron chi connectivity index (χ2n) is 6.41. The van der Waals surface area contributed by atoms with E-state index in [1.54, 1.807) is 6.07 Å². The van der Waals surface area contributed by atoms with Crippen molar-refractivity contribution < 1.29 is 9.18 Å². The summed E-state index contributed by atoms with van der Waals surface area (Å²) in [6.45, 7) is 4.11. The van der Waals surface area contributed by atoms with Gasteiger partial charge in [-0.05, 0) is 41.8 Å². The Hall–Kier alpha value is -1.91. The lowest BCUT2D eigenvalue weighted by Gasteiger charge is -2.34. The molecule has 1 fully saturated rings. The van der Waals surface area contributed by atoms with Crippen LogP contribution in [0.5, 0.6) is 0 Å². The first-order valence-corrected chi connectivity index (χ1v) is 8.97. The molecule has 3 nitrogen and oxygen atoms in total. The number of aryl methyl sites for hydroxylation is 1. The lowest BCUT2D eigenvalue weighted by molar-refractivity contribution is -0.133. The summed E-state index contributed by atoms with van der Waals surface area (Å²) in [5.41, 5.74) is 2.10. The fourth-order valence-corrected chi connectivity index (χ4v) is 3.23. The highest BCUT2D eigenvalue weighted by Gasteiger charge is 2.20. The monoisotopic (exact) mass is 360 g/mol. The Morgan fingerprint density at radius 2 is 1.72 bits per heavy atom. The SMILES string of the molecule is O=C(CCc1cccc(F)c1)N1CCN(Cc2ccc(Cl)cc2)CC1. The molecule has 1 aliphatic rings. The Kier molecular flexibility index (Phi) is 6.05. The molecule has 1 heterocycles. The molecule has 0 spiro atoms. The normalized spacial score (nSPS) is 15.4. The van der Waals surface area contributed by atoms with Gasteiger partial charge in [-0.3, -0.25) is 9.69 Å². The van der Waals surface area contributed by atoms with Crippen LogP contribution in [-0.4, -0.2) is 41.9 Å². The van der Waals surface area contributed by atoms with Crippen molar-refractivity contribution in [1.29, 1.82) is 0 Å². The maximum Gasteiger partial charge on any atom is 0.222 e. The van der Waals surface area contributed by atoms with Gasteiger partial charge in [0, 0.05) is 44.2 Å². The summed E-state index contributed by atoms with van der Waals surface area (Å²) in [6, 6.07) is 14.4. The molecule has 0 unspecified atom stereocenters. The first kappa shape index (κ1) is 17.9. The van der Waals surface area contributed by atoms with Gasteiger partial charge in [-0.2, -0.15) is 0 Å². The summed E-state index contributed by atoms with van der Waals surface area (Å²) in [6.07, 6.45) is 1.02. The molecule has 1 aliphatic heterocycles. The van der Waals surface area contributed by atoms with Crippen molar-refractivity contribution in [2.45, 2.75) is 19.4 Å². The second kappa shape index (κ2) is 8.45. The number of carbonyl (C=O) groups is 1. The van der Waals surface area contributed by atoms with Crippen molar-refractivity contribution in [2.24, 2.45) is 0 Å². The fourth-order valence-electron chi connectivity index (χ4n) is 3.11. The zero-order valence-electron chi connectivity index (χ0n) is 14.1. The number of nitrogens with zero attached hydrogens (tertiary/aromatic N) is 2. The minimum Gasteiger partial charge on any atom is -0.340 e. The van der Waals surface area contributed by atoms with Crippen LogP contribution in [-0.2, 0) is 17.8 Å². The Morgan fingerprint density at radius 1 is 1.00 bits per heavy atom. The third kappa shape index (κ3) is 5.28. The highest BCUT2D eigenvalue weighted by Crippen LogP contribution is 2.14. The van der Waals surface area contributed by atoms with Crippen LogP contribution in [0.4, 0.5) is 4.39 Å². The molecule has 3 rings (SSSR count). The minimum absolute atomic E-state index is 0.149. The van der Waals surface area contributed by atoms with Gasteiger partial charge in [-0.25, -0.2) is 4.39 Å². The largest absolute Gasteiger partial charge is 0.340 e. The minimum atomic E-state index is -0.249. The number of carbonyl (C=O) groups excluding carboxylic acids is 1. The van der Waals surface area contributed by atoms with E-state index >= 15 is 0 Å². The lowest BCUT2D eigenvalue weighted by Crippen LogP contribution is -2.48. The number of hydrogen-bond acceptors (Lipinski definition) is 2. The van der Waals surface area contributed by atoms with Crippen LogP contribution in [0.25, 0.3) is 0 Å². The molecular weight excluding hydrogens is 339 g/mol. The van der Waals surface area contributed by atoms with Gasteiger partial charge in [0.25, 0.3) is 0 Å². The number of amides is 1. The van der Waals surface area contributed by atoms with Crippen molar-refractivity contribution in [3.05, 3.63) is 70.5 Å². The molecule has 5 heteroatoms. The highest BCUT2D eigenvalue weighted by atomic mass is 35.5. The van der Waals surface area contributed by atoms with Crippen LogP contribution < -0.4 is 0 Å². The molecular formula is C20H22ClFN2O. The number of rotatable bonds is 5. The standard InChI is InChI=1S/C20H22ClFN2O/c21-18-7-4-17(5-8-18)15-23-10-12-24(13-11-23)20(25)9-6-16-2-1-3-19(22)14-16/h1-5,7-8,14H,6,9-13,15H2. The maximum atomic E-state index is 13.2. The smallest absolute Gasteiger partial charge is 0.222 e. The van der Waals surface area contributed by atoms with Gasteiger partial charge in [-0.1, -0.05) is 35.9 Å². The van der Waals surface area contributed by atoms with Crippen molar-refractivity contribution in [2.75, 3.05) is 26.2 Å². The third-order valence-corrected chi connectivity index (χ3v) is 4.81. The van der Waals surface area contributed by atoms with Crippen molar-refractivity contribution in [3.8, 4) is 0 Å². The second-order valence-corrected chi connectivity index (χ2v) is 6.85. The Morgan fingerprint density at radius 3 is 2.40 bits per heavy atom. The van der Waals surface area contributed by atoms with Crippen LogP contribution in [0.1, 0.15) is 17.5 Å². The molecule has 132 valence electrons. The van der Waals surface area contributed by atoms with Crippen molar-refractivity contribution in [3.63, 3.8) is 0 Å². The van der Waals surface area contributed by atoms with Gasteiger partial charge in [0.1, 0.15) is 5.82 Å². The van der Waals surface area contributed by atoms with Crippen molar-refractivity contribution >= 4 is 17.5 Å². The summed E-state index contributed by atoms with van der Waals surface area (Å²) in [5, 5.41) is 0.748. The molecule has 1 amide bonds. The van der Waals surface area contributed by atoms with E-state index in [0.717, 1.165) is 43.3 Å². The van der Waals surface area contributed by atoms with Gasteiger partial charge in [0.2, 0.25) is 5.91 Å². The van der Waals surface area contributed by atoms with Gasteiger partial charge in [-0.15, -0.1) is 0 Å². The molecule has 0 saturated carbocycles. The van der Waals surface area contributed by atoms with E-state index in [1.165, 1.54) is 17.7 Å². The maximum absolute atomic E-state index is 13.2. The number of piperazine rings is 1. The summed E-state index contributed by atoms with van der Waals surface area (Å²) >= 11 is 5.91. The van der Waals surface area contributed by atoms with E-state index in [2.05, 4.69) is 4.90 Å². The lowest BCUT2D eigenvalue weighted by atomic mass is 10.1. The highest BCUT2D eigenvalue weighted by molar-refractivity contribution is 6.30. The summed E-state index contributed by atoms with van der Waals surface area (Å²) in [4.78, 5) is 16.6. The average molecular weight is 361 g/mol. The van der Waals surface area contributed by atoms with Crippen LogP contribution in [0.2, 0.25) is 5.02 Å². The van der Waals surface area contributed by atoms with Gasteiger partial charge < -0.3 is 4.90 Å². The summed E-state index contributed by atoms with van der Waals surface area (Å²) in [7, 11) is 0. The first-order chi connectivity index (χ1) is 12.1. The summed E-state index contributed by atoms with van der Waals surface area (Å²) < 4.78 is 13.2. The Bertz CT molecular complexity index is 712. The zero-order valence-corrected chi connectivity index (χ0v) is 14.9. The molecule has 1 saturated heterocycles. The Labute approximate surface area is 153 Å². The summed E-state index contributed by atoms with van der Waals surface area (Å²) in [5.74, 6) is -0.101. The molecule has 0 aromatic heterocycles. The molecule has 2 aromatic carbocycles. The van der Waals surface area contributed by atoms with E-state index in [0.29, 0.717) is 12.8 Å². The number of halogens is 2. The molecule has 0 bridgehead atoms. The quantitative estimate of drug-likeness (QED) is 0.810. The van der Waals surface area contributed by atoms with E-state index in [1.807, 2.05) is 35.2 Å². The molecule has 2 aromatic rings. The molecule has 0 aliphatic carbocycles. The average Bonchev–Trinajstić information content (AvgIpc) is 2.62. The zero-order chi connectivity index (χ0) is 17.6. The predicted molar refractivity (Wildman–Crippen MR) is 98.0 cm³/mol. The third-order valence-electron chi connectivity index (χ3n) is 4.56. The van der Waals surface area contributed by atoms with Crippen LogP contribution in [0.15, 0.2) is 48.5 Å². The van der Waals surface area contributed by atoms with Gasteiger partial charge in [0.05, 0.1) is 0 Å². The van der Waals surface area contributed by atoms with E-state index < -0.39 is 0 Å². The predicted octanol–water partition coefficient (Wildman–Crippen LogP) is 3.76. The topological polar surface area (TPSA) is 23.6 Å². The molecule has 0 radical (unpaired) electrons. The molecule has 0 N–H and O–H groups in total. The van der Waals surface area contributed by atoms with Crippen LogP contribution in [0, 0.1) is 5.82 Å². The van der Waals surface area contributed by atoms with Crippen LogP contribution in [0.3, 0.4) is 0 Å². The van der Waals surface area contributed by atoms with E-state index in [-0.39, 0.29) is 11.7 Å². The number of hydrogen-bond donors (Lipinski definition) is 0. The van der Waals surface area contributed by atoms with E-state index in [9.17, 15) is 9.18 Å². The molecule has 0 atom stereocenters. The van der Waals surface area contributed by atoms with Gasteiger partial charge >= 0.3 is 0 Å². The first-order valence-electron chi connectivity index (χ1n) is 8.59. The van der Waals surface area contributed by atoms with E-state index in [4.69, 9.17) is 11.6 Å². The van der Waals surface area contributed by atoms with Crippen LogP contribution >= 0.6 is 11.6 Å². The van der Waals surface area contributed by atoms with Gasteiger partial charge in [0.15, 0.2) is 0 Å². The number of benzene rings is 2.